The maximum atomic E-state index is 6.42. The first-order valence-corrected chi connectivity index (χ1v) is 42.5. The molecule has 122 heavy (non-hydrogen) atoms. The van der Waals surface area contributed by atoms with Gasteiger partial charge in [0.15, 0.2) is 0 Å². The molecule has 0 aliphatic carbocycles. The van der Waals surface area contributed by atoms with Gasteiger partial charge in [0.1, 0.15) is 4.60 Å². The molecule has 5 heterocycles. The van der Waals surface area contributed by atoms with Gasteiger partial charge < -0.3 is 9.31 Å². The molecule has 1 aliphatic rings. The Bertz CT molecular complexity index is 7840. The summed E-state index contributed by atoms with van der Waals surface area (Å²) in [6, 6.07) is 144. The average molecular weight is 1630 g/mol. The molecule has 8 heteroatoms. The number of halogens is 1. The van der Waals surface area contributed by atoms with Gasteiger partial charge in [0.25, 0.3) is 0 Å². The zero-order valence-corrected chi connectivity index (χ0v) is 69.4. The number of hydrogen-bond acceptors (Lipinski definition) is 6. The molecule has 0 atom stereocenters. The highest BCUT2D eigenvalue weighted by atomic mass is 79.9. The lowest BCUT2D eigenvalue weighted by atomic mass is 9.77. The summed E-state index contributed by atoms with van der Waals surface area (Å²) in [7, 11) is -0.409. The fourth-order valence-electron chi connectivity index (χ4n) is 18.2. The fourth-order valence-corrected chi connectivity index (χ4v) is 18.5. The fraction of sp³-hybridized carbons (Fsp3) is 0.0526. The van der Waals surface area contributed by atoms with E-state index in [1.54, 1.807) is 6.20 Å². The Kier molecular flexibility index (Phi) is 19.3. The van der Waals surface area contributed by atoms with Gasteiger partial charge in [0.05, 0.1) is 39.0 Å². The summed E-state index contributed by atoms with van der Waals surface area (Å²) < 4.78 is 13.7. The lowest BCUT2D eigenvalue weighted by Gasteiger charge is -2.32. The molecule has 1 fully saturated rings. The molecule has 0 N–H and O–H groups in total. The van der Waals surface area contributed by atoms with E-state index in [1.165, 1.54) is 143 Å². The largest absolute Gasteiger partial charge is 0.494 e. The third kappa shape index (κ3) is 13.7. The Morgan fingerprint density at radius 2 is 0.541 bits per heavy atom. The van der Waals surface area contributed by atoms with Crippen LogP contribution in [-0.2, 0) is 9.31 Å². The van der Waals surface area contributed by atoms with Crippen molar-refractivity contribution in [3.05, 3.63) is 417 Å². The molecular formula is C114H80BBrN4O2. The SMILES string of the molecule is Brc1ccc2ccc3cccnc3c2n1.CC1(C)OB(c2cccc(-c3ccc(-c4ccc5c(-c6ccccc6)c6ccccc6c(-c6ccccc6)c5c4)c4ccccc34)c2)OC1(C)C.c1ccc(-c2c3ccccc3c(-c3ccccc3)c3cc(-c4ccc(-c5cccc(-c6ccc7ccc8cccnc8c7n6)c5)c5ccccc45)ccc23)cc1. The van der Waals surface area contributed by atoms with E-state index in [2.05, 4.69) is 429 Å². The van der Waals surface area contributed by atoms with Crippen molar-refractivity contribution in [2.75, 3.05) is 0 Å². The van der Waals surface area contributed by atoms with E-state index < -0.39 is 18.3 Å². The second-order valence-corrected chi connectivity index (χ2v) is 33.4. The maximum Gasteiger partial charge on any atom is 0.494 e. The smallest absolute Gasteiger partial charge is 0.399 e. The van der Waals surface area contributed by atoms with E-state index in [4.69, 9.17) is 14.3 Å². The van der Waals surface area contributed by atoms with Crippen LogP contribution in [-0.4, -0.2) is 38.3 Å². The van der Waals surface area contributed by atoms with Crippen LogP contribution in [0, 0.1) is 0 Å². The lowest BCUT2D eigenvalue weighted by molar-refractivity contribution is 0.00578. The van der Waals surface area contributed by atoms with Gasteiger partial charge in [0.2, 0.25) is 0 Å². The predicted octanol–water partition coefficient (Wildman–Crippen LogP) is 30.2. The van der Waals surface area contributed by atoms with Crippen LogP contribution >= 0.6 is 15.9 Å². The normalized spacial score (nSPS) is 13.0. The standard InChI is InChI=1S/C54H34N2.C48H39BO2.C12H7BrN2/c1-3-13-35(14-4-1)51-46-22-9-10-23-47(46)52(36-15-5-2-6-16-36)49-34-40(26-28-48(49)51)43-30-29-42(44-20-7-8-21-45(43)44)39-17-11-18-41(33-39)50-31-27-38-25-24-37-19-12-32-55-53(37)54(38)56-50;1-47(2)48(3,4)51-49(50-47)36-21-15-20-34(30-36)37-28-29-38(40-23-12-11-22-39(37)40)35-26-27-43-44(31-35)46(33-18-9-6-10-19-33)42-25-14-13-24-41(42)45(43)32-16-7-5-8-17-32;13-10-6-5-9-4-3-8-2-1-7-14-11(8)12(9)15-10/h1-34H;5-31H,1-4H3;1-7H. The second kappa shape index (κ2) is 31.4. The van der Waals surface area contributed by atoms with Crippen LogP contribution in [0.15, 0.2) is 417 Å². The summed E-state index contributed by atoms with van der Waals surface area (Å²) in [5.74, 6) is 0. The Hall–Kier alpha value is -14.4. The zero-order chi connectivity index (χ0) is 82.0. The molecule has 0 unspecified atom stereocenters. The Morgan fingerprint density at radius 1 is 0.230 bits per heavy atom. The minimum atomic E-state index is -0.409. The third-order valence-corrected chi connectivity index (χ3v) is 25.2. The van der Waals surface area contributed by atoms with Crippen molar-refractivity contribution in [2.45, 2.75) is 38.9 Å². The molecule has 0 spiro atoms. The molecule has 18 aromatic carbocycles. The highest BCUT2D eigenvalue weighted by molar-refractivity contribution is 9.10. The van der Waals surface area contributed by atoms with E-state index in [9.17, 15) is 0 Å². The summed E-state index contributed by atoms with van der Waals surface area (Å²) >= 11 is 3.38. The number of hydrogen-bond donors (Lipinski definition) is 0. The van der Waals surface area contributed by atoms with Crippen molar-refractivity contribution in [3.63, 3.8) is 0 Å². The van der Waals surface area contributed by atoms with Crippen molar-refractivity contribution in [2.24, 2.45) is 0 Å². The minimum absolute atomic E-state index is 0.392. The molecule has 0 amide bonds. The first-order valence-electron chi connectivity index (χ1n) is 41.7. The molecule has 23 rings (SSSR count). The van der Waals surface area contributed by atoms with Crippen molar-refractivity contribution in [3.8, 4) is 100 Å². The van der Waals surface area contributed by atoms with Crippen molar-refractivity contribution in [1.82, 2.24) is 19.9 Å². The topological polar surface area (TPSA) is 70.0 Å². The monoisotopic (exact) mass is 1630 g/mol. The average Bonchev–Trinajstić information content (AvgIpc) is 0.754. The van der Waals surface area contributed by atoms with Gasteiger partial charge >= 0.3 is 7.12 Å². The number of rotatable bonds is 10. The summed E-state index contributed by atoms with van der Waals surface area (Å²) in [5, 5.41) is 19.3. The van der Waals surface area contributed by atoms with E-state index >= 15 is 0 Å². The highest BCUT2D eigenvalue weighted by Crippen LogP contribution is 2.50. The maximum absolute atomic E-state index is 6.42. The summed E-state index contributed by atoms with van der Waals surface area (Å²) in [5.41, 5.74) is 25.5. The van der Waals surface area contributed by atoms with Crippen LogP contribution in [0.2, 0.25) is 0 Å². The van der Waals surface area contributed by atoms with Crippen LogP contribution in [0.5, 0.6) is 0 Å². The molecule has 4 aromatic heterocycles. The Morgan fingerprint density at radius 3 is 0.959 bits per heavy atom. The first kappa shape index (κ1) is 75.1. The summed E-state index contributed by atoms with van der Waals surface area (Å²) in [4.78, 5) is 18.7. The quantitative estimate of drug-likeness (QED) is 0.0588. The number of fused-ring (bicyclic) bond motifs is 12. The van der Waals surface area contributed by atoms with Crippen molar-refractivity contribution in [1.29, 1.82) is 0 Å². The molecule has 6 nitrogen and oxygen atoms in total. The zero-order valence-electron chi connectivity index (χ0n) is 67.8. The first-order chi connectivity index (χ1) is 59.9. The van der Waals surface area contributed by atoms with Gasteiger partial charge in [-0.3, -0.25) is 9.97 Å². The van der Waals surface area contributed by atoms with Crippen LogP contribution < -0.4 is 5.46 Å². The van der Waals surface area contributed by atoms with Gasteiger partial charge in [-0.25, -0.2) is 9.97 Å². The van der Waals surface area contributed by atoms with Crippen LogP contribution in [0.25, 0.3) is 209 Å². The Balaban J connectivity index is 0.000000128. The van der Waals surface area contributed by atoms with E-state index in [0.717, 1.165) is 76.1 Å². The number of benzene rings is 18. The summed E-state index contributed by atoms with van der Waals surface area (Å²) in [6.45, 7) is 8.40. The van der Waals surface area contributed by atoms with Crippen LogP contribution in [0.3, 0.4) is 0 Å². The van der Waals surface area contributed by atoms with Gasteiger partial charge in [-0.05, 0) is 245 Å². The molecule has 22 aromatic rings. The van der Waals surface area contributed by atoms with E-state index in [1.807, 2.05) is 36.5 Å². The van der Waals surface area contributed by atoms with Gasteiger partial charge in [0, 0.05) is 39.5 Å². The van der Waals surface area contributed by atoms with Gasteiger partial charge in [-0.15, -0.1) is 0 Å². The van der Waals surface area contributed by atoms with Crippen molar-refractivity contribution >= 4 is 137 Å². The minimum Gasteiger partial charge on any atom is -0.399 e. The molecule has 0 radical (unpaired) electrons. The molecule has 0 bridgehead atoms. The Labute approximate surface area is 717 Å². The number of aromatic nitrogens is 4. The molecule has 578 valence electrons. The number of nitrogens with zero attached hydrogens (tertiary/aromatic N) is 4. The van der Waals surface area contributed by atoms with Crippen molar-refractivity contribution < 1.29 is 9.31 Å². The third-order valence-electron chi connectivity index (χ3n) is 24.8. The van der Waals surface area contributed by atoms with Crippen LogP contribution in [0.4, 0.5) is 0 Å². The highest BCUT2D eigenvalue weighted by Gasteiger charge is 2.52. The van der Waals surface area contributed by atoms with E-state index in [0.29, 0.717) is 0 Å². The summed E-state index contributed by atoms with van der Waals surface area (Å²) in [6.07, 6.45) is 3.64. The molecule has 0 saturated carbocycles. The molecule has 1 saturated heterocycles. The molecule has 1 aliphatic heterocycles. The van der Waals surface area contributed by atoms with Gasteiger partial charge in [-0.2, -0.15) is 0 Å². The van der Waals surface area contributed by atoms with Gasteiger partial charge in [-0.1, -0.05) is 358 Å². The van der Waals surface area contributed by atoms with E-state index in [-0.39, 0.29) is 0 Å². The molecular weight excluding hydrogens is 1550 g/mol. The second-order valence-electron chi connectivity index (χ2n) is 32.5. The lowest BCUT2D eigenvalue weighted by Crippen LogP contribution is -2.41. The van der Waals surface area contributed by atoms with Crippen LogP contribution in [0.1, 0.15) is 27.7 Å². The predicted molar refractivity (Wildman–Crippen MR) is 518 cm³/mol. The number of pyridine rings is 4.